The van der Waals surface area contributed by atoms with Crippen molar-refractivity contribution in [3.63, 3.8) is 0 Å². The normalized spacial score (nSPS) is 21.6. The van der Waals surface area contributed by atoms with Gasteiger partial charge in [-0.05, 0) is 18.2 Å². The lowest BCUT2D eigenvalue weighted by molar-refractivity contribution is -0.142. The molecule has 0 unspecified atom stereocenters. The zero-order valence-electron chi connectivity index (χ0n) is 10.2. The van der Waals surface area contributed by atoms with Crippen molar-refractivity contribution in [3.8, 4) is 5.75 Å². The Kier molecular flexibility index (Phi) is 6.39. The molecule has 0 spiro atoms. The van der Waals surface area contributed by atoms with Crippen molar-refractivity contribution in [3.05, 3.63) is 27.7 Å². The van der Waals surface area contributed by atoms with Crippen LogP contribution in [0.1, 0.15) is 6.42 Å². The number of ether oxygens (including phenoxy) is 2. The fourth-order valence-electron chi connectivity index (χ4n) is 1.87. The number of halogens is 3. The predicted molar refractivity (Wildman–Crippen MR) is 79.2 cm³/mol. The lowest BCUT2D eigenvalue weighted by Crippen LogP contribution is -2.31. The third-order valence-electron chi connectivity index (χ3n) is 2.76. The summed E-state index contributed by atoms with van der Waals surface area (Å²) in [5.74, 6) is 0.361. The van der Waals surface area contributed by atoms with E-state index in [0.29, 0.717) is 23.7 Å². The molecule has 0 aromatic heterocycles. The first-order valence-corrected chi connectivity index (χ1v) is 6.70. The number of nitrogens with one attached hydrogen (secondary N) is 1. The van der Waals surface area contributed by atoms with E-state index in [4.69, 9.17) is 16.3 Å². The van der Waals surface area contributed by atoms with Crippen LogP contribution in [0, 0.1) is 0 Å². The van der Waals surface area contributed by atoms with Gasteiger partial charge >= 0.3 is 5.97 Å². The predicted octanol–water partition coefficient (Wildman–Crippen LogP) is 2.81. The van der Waals surface area contributed by atoms with E-state index in [0.717, 1.165) is 4.47 Å². The number of rotatable bonds is 3. The topological polar surface area (TPSA) is 47.6 Å². The Morgan fingerprint density at radius 2 is 2.26 bits per heavy atom. The molecule has 1 aromatic rings. The molecule has 0 saturated carbocycles. The van der Waals surface area contributed by atoms with Crippen LogP contribution in [0.2, 0.25) is 5.02 Å². The molecule has 7 heteroatoms. The van der Waals surface area contributed by atoms with Gasteiger partial charge in [0.1, 0.15) is 17.9 Å². The van der Waals surface area contributed by atoms with Crippen LogP contribution in [-0.2, 0) is 9.53 Å². The lowest BCUT2D eigenvalue weighted by Gasteiger charge is -2.14. The van der Waals surface area contributed by atoms with Crippen LogP contribution >= 0.6 is 39.9 Å². The quantitative estimate of drug-likeness (QED) is 0.831. The van der Waals surface area contributed by atoms with Crippen LogP contribution in [0.3, 0.4) is 0 Å². The van der Waals surface area contributed by atoms with E-state index < -0.39 is 0 Å². The summed E-state index contributed by atoms with van der Waals surface area (Å²) in [6.07, 6.45) is 0.506. The van der Waals surface area contributed by atoms with Gasteiger partial charge in [0.15, 0.2) is 0 Å². The molecule has 1 aliphatic rings. The number of methoxy groups -OCH3 is 1. The summed E-state index contributed by atoms with van der Waals surface area (Å²) in [5, 5.41) is 3.60. The molecule has 4 nitrogen and oxygen atoms in total. The van der Waals surface area contributed by atoms with Crippen molar-refractivity contribution >= 4 is 45.9 Å². The molecule has 0 bridgehead atoms. The summed E-state index contributed by atoms with van der Waals surface area (Å²) < 4.78 is 11.3. The Labute approximate surface area is 131 Å². The number of carbonyl (C=O) groups is 1. The molecule has 106 valence electrons. The van der Waals surface area contributed by atoms with Crippen LogP contribution in [0.4, 0.5) is 0 Å². The van der Waals surface area contributed by atoms with Gasteiger partial charge in [-0.1, -0.05) is 27.5 Å². The largest absolute Gasteiger partial charge is 0.487 e. The Morgan fingerprint density at radius 3 is 2.89 bits per heavy atom. The third-order valence-corrected chi connectivity index (χ3v) is 3.55. The SMILES string of the molecule is COC(=O)[C@@H]1C[C@H](Oc2ccc(Br)cc2Cl)CN1.Cl. The second kappa shape index (κ2) is 7.33. The maximum absolute atomic E-state index is 11.4. The Morgan fingerprint density at radius 1 is 1.53 bits per heavy atom. The first kappa shape index (κ1) is 16.6. The minimum Gasteiger partial charge on any atom is -0.487 e. The molecule has 1 heterocycles. The Balaban J connectivity index is 0.00000180. The monoisotopic (exact) mass is 369 g/mol. The first-order chi connectivity index (χ1) is 8.60. The zero-order chi connectivity index (χ0) is 13.1. The third kappa shape index (κ3) is 4.24. The van der Waals surface area contributed by atoms with E-state index in [2.05, 4.69) is 26.0 Å². The van der Waals surface area contributed by atoms with E-state index in [1.807, 2.05) is 6.07 Å². The van der Waals surface area contributed by atoms with Gasteiger partial charge in [-0.15, -0.1) is 12.4 Å². The average Bonchev–Trinajstić information content (AvgIpc) is 2.80. The van der Waals surface area contributed by atoms with E-state index in [1.54, 1.807) is 12.1 Å². The molecule has 1 aliphatic heterocycles. The summed E-state index contributed by atoms with van der Waals surface area (Å²) in [6.45, 7) is 0.603. The molecule has 19 heavy (non-hydrogen) atoms. The van der Waals surface area contributed by atoms with Crippen LogP contribution in [0.25, 0.3) is 0 Å². The molecule has 1 fully saturated rings. The van der Waals surface area contributed by atoms with E-state index in [9.17, 15) is 4.79 Å². The zero-order valence-corrected chi connectivity index (χ0v) is 13.3. The van der Waals surface area contributed by atoms with Gasteiger partial charge in [0.2, 0.25) is 0 Å². The van der Waals surface area contributed by atoms with Gasteiger partial charge < -0.3 is 14.8 Å². The minimum absolute atomic E-state index is 0. The van der Waals surface area contributed by atoms with Crippen molar-refractivity contribution in [1.29, 1.82) is 0 Å². The molecule has 1 N–H and O–H groups in total. The molecule has 0 aliphatic carbocycles. The number of esters is 1. The van der Waals surface area contributed by atoms with Crippen LogP contribution in [-0.4, -0.2) is 31.8 Å². The molecule has 0 amide bonds. The number of carbonyl (C=O) groups excluding carboxylic acids is 1. The second-order valence-corrected chi connectivity index (χ2v) is 5.36. The van der Waals surface area contributed by atoms with Crippen LogP contribution in [0.5, 0.6) is 5.75 Å². The van der Waals surface area contributed by atoms with Gasteiger partial charge in [-0.3, -0.25) is 4.79 Å². The van der Waals surface area contributed by atoms with Crippen LogP contribution < -0.4 is 10.1 Å². The summed E-state index contributed by atoms with van der Waals surface area (Å²) in [6, 6.07) is 5.14. The van der Waals surface area contributed by atoms with Crippen molar-refractivity contribution in [2.24, 2.45) is 0 Å². The Bertz CT molecular complexity index is 459. The van der Waals surface area contributed by atoms with Crippen molar-refractivity contribution < 1.29 is 14.3 Å². The molecular weight excluding hydrogens is 357 g/mol. The summed E-state index contributed by atoms with van der Waals surface area (Å²) in [7, 11) is 1.38. The Hall–Kier alpha value is -0.490. The number of hydrogen-bond donors (Lipinski definition) is 1. The molecular formula is C12H14BrCl2NO3. The maximum atomic E-state index is 11.4. The fraction of sp³-hybridized carbons (Fsp3) is 0.417. The molecule has 2 rings (SSSR count). The van der Waals surface area contributed by atoms with Gasteiger partial charge in [0, 0.05) is 17.4 Å². The van der Waals surface area contributed by atoms with Crippen molar-refractivity contribution in [2.75, 3.05) is 13.7 Å². The van der Waals surface area contributed by atoms with Crippen LogP contribution in [0.15, 0.2) is 22.7 Å². The number of hydrogen-bond acceptors (Lipinski definition) is 4. The number of benzene rings is 1. The van der Waals surface area contributed by atoms with Crippen molar-refractivity contribution in [1.82, 2.24) is 5.32 Å². The highest BCUT2D eigenvalue weighted by molar-refractivity contribution is 9.10. The minimum atomic E-state index is -0.297. The van der Waals surface area contributed by atoms with E-state index in [1.165, 1.54) is 7.11 Å². The highest BCUT2D eigenvalue weighted by atomic mass is 79.9. The van der Waals surface area contributed by atoms with Gasteiger partial charge in [0.25, 0.3) is 0 Å². The van der Waals surface area contributed by atoms with Gasteiger partial charge in [0.05, 0.1) is 12.1 Å². The van der Waals surface area contributed by atoms with Gasteiger partial charge in [-0.25, -0.2) is 0 Å². The lowest BCUT2D eigenvalue weighted by atomic mass is 10.2. The molecule has 1 saturated heterocycles. The van der Waals surface area contributed by atoms with E-state index in [-0.39, 0.29) is 30.5 Å². The van der Waals surface area contributed by atoms with Gasteiger partial charge in [-0.2, -0.15) is 0 Å². The standard InChI is InChI=1S/C12H13BrClNO3.ClH/c1-17-12(16)10-5-8(6-15-10)18-11-3-2-7(13)4-9(11)14;/h2-4,8,10,15H,5-6H2,1H3;1H/t8-,10-;/m0./s1. The van der Waals surface area contributed by atoms with E-state index >= 15 is 0 Å². The molecule has 0 radical (unpaired) electrons. The maximum Gasteiger partial charge on any atom is 0.323 e. The highest BCUT2D eigenvalue weighted by Gasteiger charge is 2.31. The first-order valence-electron chi connectivity index (χ1n) is 5.53. The fourth-order valence-corrected chi connectivity index (χ4v) is 2.58. The van der Waals surface area contributed by atoms with Crippen molar-refractivity contribution in [2.45, 2.75) is 18.6 Å². The molecule has 2 atom stereocenters. The smallest absolute Gasteiger partial charge is 0.323 e. The summed E-state index contributed by atoms with van der Waals surface area (Å²) in [4.78, 5) is 11.4. The highest BCUT2D eigenvalue weighted by Crippen LogP contribution is 2.29. The second-order valence-electron chi connectivity index (χ2n) is 4.03. The summed E-state index contributed by atoms with van der Waals surface area (Å²) in [5.41, 5.74) is 0. The average molecular weight is 371 g/mol. The summed E-state index contributed by atoms with van der Waals surface area (Å²) >= 11 is 9.40. The molecule has 1 aromatic carbocycles.